The van der Waals surface area contributed by atoms with Crippen LogP contribution in [0.2, 0.25) is 0 Å². The van der Waals surface area contributed by atoms with Crippen molar-refractivity contribution in [3.63, 3.8) is 0 Å². The van der Waals surface area contributed by atoms with Gasteiger partial charge in [0.25, 0.3) is 5.69 Å². The maximum Gasteiger partial charge on any atom is 0.318 e. The zero-order valence-electron chi connectivity index (χ0n) is 11.9. The van der Waals surface area contributed by atoms with E-state index >= 15 is 0 Å². The monoisotopic (exact) mass is 294 g/mol. The molecule has 0 saturated carbocycles. The standard InChI is InChI=1S/C13H18N4O4/c1-9(12(18)15-13(14)19)16(2)8-7-10-5-3-4-6-11(10)17(20)21/h3-6,9H,7-8H2,1-2H3,(H3,14,15,18,19). The van der Waals surface area contributed by atoms with E-state index in [1.54, 1.807) is 37.1 Å². The number of carbonyl (C=O) groups excluding carboxylic acids is 2. The Hall–Kier alpha value is -2.48. The van der Waals surface area contributed by atoms with Crippen molar-refractivity contribution in [2.24, 2.45) is 5.73 Å². The number of nitro groups is 1. The Bertz CT molecular complexity index is 547. The Morgan fingerprint density at radius 1 is 1.43 bits per heavy atom. The number of para-hydroxylation sites is 1. The average molecular weight is 294 g/mol. The van der Waals surface area contributed by atoms with Crippen LogP contribution in [0, 0.1) is 10.1 Å². The van der Waals surface area contributed by atoms with E-state index in [2.05, 4.69) is 0 Å². The van der Waals surface area contributed by atoms with Crippen molar-refractivity contribution in [3.8, 4) is 0 Å². The highest BCUT2D eigenvalue weighted by molar-refractivity contribution is 5.96. The summed E-state index contributed by atoms with van der Waals surface area (Å²) in [5, 5.41) is 12.9. The minimum absolute atomic E-state index is 0.0557. The Morgan fingerprint density at radius 3 is 2.62 bits per heavy atom. The summed E-state index contributed by atoms with van der Waals surface area (Å²) in [5.74, 6) is -0.507. The summed E-state index contributed by atoms with van der Waals surface area (Å²) in [4.78, 5) is 34.4. The Balaban J connectivity index is 2.64. The number of carbonyl (C=O) groups is 2. The van der Waals surface area contributed by atoms with Gasteiger partial charge in [-0.3, -0.25) is 25.1 Å². The largest absolute Gasteiger partial charge is 0.351 e. The van der Waals surface area contributed by atoms with Gasteiger partial charge >= 0.3 is 6.03 Å². The van der Waals surface area contributed by atoms with Crippen LogP contribution in [0.4, 0.5) is 10.5 Å². The minimum atomic E-state index is -0.904. The van der Waals surface area contributed by atoms with E-state index in [1.165, 1.54) is 6.07 Å². The molecule has 0 spiro atoms. The van der Waals surface area contributed by atoms with Gasteiger partial charge in [-0.05, 0) is 20.4 Å². The molecule has 1 atom stereocenters. The number of nitrogens with zero attached hydrogens (tertiary/aromatic N) is 2. The second-order valence-electron chi connectivity index (χ2n) is 4.65. The number of nitrogens with two attached hydrogens (primary N) is 1. The predicted molar refractivity (Wildman–Crippen MR) is 76.6 cm³/mol. The molecule has 1 aromatic rings. The van der Waals surface area contributed by atoms with Crippen molar-refractivity contribution in [2.75, 3.05) is 13.6 Å². The molecule has 0 aliphatic heterocycles. The van der Waals surface area contributed by atoms with Gasteiger partial charge < -0.3 is 5.73 Å². The summed E-state index contributed by atoms with van der Waals surface area (Å²) in [5.41, 5.74) is 5.54. The second kappa shape index (κ2) is 7.34. The van der Waals surface area contributed by atoms with Crippen LogP contribution >= 0.6 is 0 Å². The summed E-state index contributed by atoms with van der Waals surface area (Å²) in [7, 11) is 1.69. The number of hydrogen-bond donors (Lipinski definition) is 2. The van der Waals surface area contributed by atoms with E-state index in [0.29, 0.717) is 18.5 Å². The lowest BCUT2D eigenvalue weighted by molar-refractivity contribution is -0.385. The molecule has 0 radical (unpaired) electrons. The molecular weight excluding hydrogens is 276 g/mol. The molecule has 0 aromatic heterocycles. The second-order valence-corrected chi connectivity index (χ2v) is 4.65. The van der Waals surface area contributed by atoms with E-state index in [-0.39, 0.29) is 5.69 Å². The zero-order chi connectivity index (χ0) is 16.0. The molecule has 8 nitrogen and oxygen atoms in total. The first kappa shape index (κ1) is 16.6. The summed E-state index contributed by atoms with van der Waals surface area (Å²) in [6.45, 7) is 2.05. The first-order valence-electron chi connectivity index (χ1n) is 6.35. The van der Waals surface area contributed by atoms with Gasteiger partial charge in [0.1, 0.15) is 0 Å². The molecule has 114 valence electrons. The van der Waals surface area contributed by atoms with Crippen LogP contribution < -0.4 is 11.1 Å². The molecule has 1 aromatic carbocycles. The third-order valence-corrected chi connectivity index (χ3v) is 3.21. The van der Waals surface area contributed by atoms with Crippen LogP contribution in [-0.2, 0) is 11.2 Å². The fraction of sp³-hybridized carbons (Fsp3) is 0.385. The molecule has 0 aliphatic rings. The molecular formula is C13H18N4O4. The number of hydrogen-bond acceptors (Lipinski definition) is 5. The zero-order valence-corrected chi connectivity index (χ0v) is 11.9. The maximum absolute atomic E-state index is 11.6. The lowest BCUT2D eigenvalue weighted by atomic mass is 10.1. The molecule has 1 unspecified atom stereocenters. The van der Waals surface area contributed by atoms with Gasteiger partial charge in [0, 0.05) is 18.2 Å². The van der Waals surface area contributed by atoms with Crippen LogP contribution in [0.15, 0.2) is 24.3 Å². The van der Waals surface area contributed by atoms with Gasteiger partial charge in [-0.2, -0.15) is 0 Å². The third kappa shape index (κ3) is 4.84. The van der Waals surface area contributed by atoms with Crippen molar-refractivity contribution in [3.05, 3.63) is 39.9 Å². The fourth-order valence-corrected chi connectivity index (χ4v) is 1.82. The molecule has 8 heteroatoms. The van der Waals surface area contributed by atoms with Crippen molar-refractivity contribution in [2.45, 2.75) is 19.4 Å². The van der Waals surface area contributed by atoms with Crippen molar-refractivity contribution in [1.82, 2.24) is 10.2 Å². The Kier molecular flexibility index (Phi) is 5.79. The SMILES string of the molecule is CC(C(=O)NC(N)=O)N(C)CCc1ccccc1[N+](=O)[O-]. The van der Waals surface area contributed by atoms with Crippen LogP contribution in [0.3, 0.4) is 0 Å². The molecule has 1 rings (SSSR count). The molecule has 3 N–H and O–H groups in total. The van der Waals surface area contributed by atoms with E-state index in [4.69, 9.17) is 5.73 Å². The van der Waals surface area contributed by atoms with E-state index < -0.39 is 22.9 Å². The van der Waals surface area contributed by atoms with Crippen LogP contribution in [0.5, 0.6) is 0 Å². The smallest absolute Gasteiger partial charge is 0.318 e. The normalized spacial score (nSPS) is 12.0. The van der Waals surface area contributed by atoms with Gasteiger partial charge in [0.05, 0.1) is 11.0 Å². The van der Waals surface area contributed by atoms with Crippen LogP contribution in [-0.4, -0.2) is 41.4 Å². The van der Waals surface area contributed by atoms with E-state index in [9.17, 15) is 19.7 Å². The molecule has 21 heavy (non-hydrogen) atoms. The highest BCUT2D eigenvalue weighted by Gasteiger charge is 2.20. The predicted octanol–water partition coefficient (Wildman–Crippen LogP) is 0.653. The number of primary amides is 1. The molecule has 0 fully saturated rings. The summed E-state index contributed by atoms with van der Waals surface area (Å²) < 4.78 is 0. The quantitative estimate of drug-likeness (QED) is 0.590. The maximum atomic E-state index is 11.6. The lowest BCUT2D eigenvalue weighted by Gasteiger charge is -2.23. The first-order valence-corrected chi connectivity index (χ1v) is 6.35. The van der Waals surface area contributed by atoms with Crippen molar-refractivity contribution in [1.29, 1.82) is 0 Å². The lowest BCUT2D eigenvalue weighted by Crippen LogP contribution is -2.47. The number of amides is 3. The van der Waals surface area contributed by atoms with Gasteiger partial charge in [0.2, 0.25) is 5.91 Å². The molecule has 0 saturated heterocycles. The Labute approximate surface area is 122 Å². The number of benzene rings is 1. The van der Waals surface area contributed by atoms with Crippen LogP contribution in [0.25, 0.3) is 0 Å². The summed E-state index contributed by atoms with van der Waals surface area (Å²) in [6, 6.07) is 4.98. The van der Waals surface area contributed by atoms with E-state index in [1.807, 2.05) is 5.32 Å². The highest BCUT2D eigenvalue weighted by Crippen LogP contribution is 2.18. The number of rotatable bonds is 6. The summed E-state index contributed by atoms with van der Waals surface area (Å²) >= 11 is 0. The third-order valence-electron chi connectivity index (χ3n) is 3.21. The minimum Gasteiger partial charge on any atom is -0.351 e. The van der Waals surface area contributed by atoms with Gasteiger partial charge in [0.15, 0.2) is 0 Å². The number of imide groups is 1. The number of nitrogens with one attached hydrogen (secondary N) is 1. The molecule has 3 amide bonds. The molecule has 0 aliphatic carbocycles. The van der Waals surface area contributed by atoms with Gasteiger partial charge in [-0.25, -0.2) is 4.79 Å². The van der Waals surface area contributed by atoms with Crippen LogP contribution in [0.1, 0.15) is 12.5 Å². The number of nitro benzene ring substituents is 1. The number of urea groups is 1. The summed E-state index contributed by atoms with van der Waals surface area (Å²) in [6.07, 6.45) is 0.418. The highest BCUT2D eigenvalue weighted by atomic mass is 16.6. The van der Waals surface area contributed by atoms with Gasteiger partial charge in [-0.1, -0.05) is 18.2 Å². The van der Waals surface area contributed by atoms with Crippen molar-refractivity contribution >= 4 is 17.6 Å². The van der Waals surface area contributed by atoms with Crippen molar-refractivity contribution < 1.29 is 14.5 Å². The number of likely N-dealkylation sites (N-methyl/N-ethyl adjacent to an activating group) is 1. The average Bonchev–Trinajstić information content (AvgIpc) is 2.43. The first-order chi connectivity index (χ1) is 9.82. The fourth-order valence-electron chi connectivity index (χ4n) is 1.82. The molecule has 0 heterocycles. The van der Waals surface area contributed by atoms with E-state index in [0.717, 1.165) is 0 Å². The topological polar surface area (TPSA) is 119 Å². The van der Waals surface area contributed by atoms with Gasteiger partial charge in [-0.15, -0.1) is 0 Å². The molecule has 0 bridgehead atoms. The Morgan fingerprint density at radius 2 is 2.05 bits per heavy atom.